The zero-order valence-electron chi connectivity index (χ0n) is 23.7. The average Bonchev–Trinajstić information content (AvgIpc) is 3.42. The van der Waals surface area contributed by atoms with Gasteiger partial charge in [0.05, 0.1) is 11.5 Å². The van der Waals surface area contributed by atoms with E-state index in [0.717, 1.165) is 75.6 Å². The molecule has 0 aliphatic carbocycles. The van der Waals surface area contributed by atoms with Crippen LogP contribution in [0.1, 0.15) is 89.2 Å². The third-order valence-electron chi connectivity index (χ3n) is 7.93. The predicted molar refractivity (Wildman–Crippen MR) is 157 cm³/mol. The molecule has 208 valence electrons. The van der Waals surface area contributed by atoms with Crippen LogP contribution >= 0.6 is 0 Å². The Hall–Kier alpha value is -2.86. The Bertz CT molecular complexity index is 948. The number of guanidine groups is 1. The summed E-state index contributed by atoms with van der Waals surface area (Å²) in [6.45, 7) is 8.57. The van der Waals surface area contributed by atoms with E-state index in [2.05, 4.69) is 20.8 Å². The highest BCUT2D eigenvalue weighted by molar-refractivity contribution is 5.87. The van der Waals surface area contributed by atoms with Gasteiger partial charge in [-0.25, -0.2) is 4.99 Å². The van der Waals surface area contributed by atoms with Crippen molar-refractivity contribution in [2.45, 2.75) is 83.6 Å². The molecule has 6 heteroatoms. The van der Waals surface area contributed by atoms with Crippen LogP contribution in [0.3, 0.4) is 0 Å². The van der Waals surface area contributed by atoms with Gasteiger partial charge in [0.15, 0.2) is 5.96 Å². The number of benzene rings is 2. The quantitative estimate of drug-likeness (QED) is 0.188. The SMILES string of the molecule is CCCCC(C)(CCCC)N=C(N)N(CO)CCC1CCN(C(=O)C(c2ccccc2)c2ccccc2)C1. The molecule has 1 atom stereocenters. The number of hydrogen-bond acceptors (Lipinski definition) is 3. The summed E-state index contributed by atoms with van der Waals surface area (Å²) >= 11 is 0. The van der Waals surface area contributed by atoms with E-state index in [1.165, 1.54) is 0 Å². The first-order chi connectivity index (χ1) is 18.4. The minimum absolute atomic E-state index is 0.146. The van der Waals surface area contributed by atoms with Gasteiger partial charge in [0.1, 0.15) is 6.73 Å². The summed E-state index contributed by atoms with van der Waals surface area (Å²) < 4.78 is 0. The number of nitrogens with zero attached hydrogens (tertiary/aromatic N) is 3. The van der Waals surface area contributed by atoms with E-state index < -0.39 is 0 Å². The fourth-order valence-electron chi connectivity index (χ4n) is 5.52. The van der Waals surface area contributed by atoms with Gasteiger partial charge in [-0.3, -0.25) is 4.79 Å². The van der Waals surface area contributed by atoms with E-state index in [1.54, 1.807) is 4.90 Å². The van der Waals surface area contributed by atoms with Gasteiger partial charge >= 0.3 is 0 Å². The van der Waals surface area contributed by atoms with Gasteiger partial charge in [-0.05, 0) is 49.7 Å². The lowest BCUT2D eigenvalue weighted by Gasteiger charge is -2.29. The molecule has 1 heterocycles. The maximum atomic E-state index is 13.8. The second kappa shape index (κ2) is 14.9. The zero-order chi connectivity index (χ0) is 27.4. The van der Waals surface area contributed by atoms with E-state index in [9.17, 15) is 9.90 Å². The first-order valence-corrected chi connectivity index (χ1v) is 14.5. The van der Waals surface area contributed by atoms with Crippen LogP contribution in [0, 0.1) is 5.92 Å². The molecule has 0 bridgehead atoms. The minimum atomic E-state index is -0.295. The molecular formula is C32H48N4O2. The number of unbranched alkanes of at least 4 members (excludes halogenated alkanes) is 2. The number of amides is 1. The van der Waals surface area contributed by atoms with E-state index in [0.29, 0.717) is 18.4 Å². The number of nitrogens with two attached hydrogens (primary N) is 1. The molecule has 1 amide bonds. The molecule has 1 aliphatic rings. The number of aliphatic hydroxyl groups is 1. The van der Waals surface area contributed by atoms with Gasteiger partial charge < -0.3 is 20.6 Å². The van der Waals surface area contributed by atoms with Gasteiger partial charge in [-0.15, -0.1) is 0 Å². The molecule has 3 N–H and O–H groups in total. The number of aliphatic hydroxyl groups excluding tert-OH is 1. The van der Waals surface area contributed by atoms with E-state index in [1.807, 2.05) is 65.6 Å². The Balaban J connectivity index is 1.63. The number of carbonyl (C=O) groups excluding carboxylic acids is 1. The van der Waals surface area contributed by atoms with Gasteiger partial charge in [0.25, 0.3) is 0 Å². The first kappa shape index (κ1) is 29.7. The normalized spacial score (nSPS) is 16.3. The van der Waals surface area contributed by atoms with Crippen molar-refractivity contribution in [2.24, 2.45) is 16.6 Å². The number of aliphatic imine (C=N–C) groups is 1. The Morgan fingerprint density at radius 3 is 2.11 bits per heavy atom. The standard InChI is InChI=1S/C32H48N4O2/c1-4-6-20-32(3,21-7-5-2)34-31(33)36(25-37)23-19-26-18-22-35(24-26)30(38)29(27-14-10-8-11-15-27)28-16-12-9-13-17-28/h8-17,26,29,37H,4-7,18-25H2,1-3H3,(H2,33,34). The van der Waals surface area contributed by atoms with Crippen molar-refractivity contribution in [3.05, 3.63) is 71.8 Å². The van der Waals surface area contributed by atoms with E-state index in [-0.39, 0.29) is 24.1 Å². The van der Waals surface area contributed by atoms with Gasteiger partial charge in [-0.2, -0.15) is 0 Å². The predicted octanol–water partition coefficient (Wildman–Crippen LogP) is 5.76. The smallest absolute Gasteiger partial charge is 0.234 e. The molecule has 1 aliphatic heterocycles. The number of hydrogen-bond donors (Lipinski definition) is 2. The summed E-state index contributed by atoms with van der Waals surface area (Å²) in [5.41, 5.74) is 8.30. The summed E-state index contributed by atoms with van der Waals surface area (Å²) in [6.07, 6.45) is 8.34. The molecule has 1 unspecified atom stereocenters. The lowest BCUT2D eigenvalue weighted by atomic mass is 9.90. The molecule has 0 spiro atoms. The third-order valence-corrected chi connectivity index (χ3v) is 7.93. The molecule has 0 aromatic heterocycles. The third kappa shape index (κ3) is 8.32. The molecule has 1 fully saturated rings. The van der Waals surface area contributed by atoms with Crippen molar-refractivity contribution in [3.63, 3.8) is 0 Å². The van der Waals surface area contributed by atoms with Crippen LogP contribution < -0.4 is 5.73 Å². The molecule has 0 saturated carbocycles. The fraction of sp³-hybridized carbons (Fsp3) is 0.562. The highest BCUT2D eigenvalue weighted by Crippen LogP contribution is 2.30. The van der Waals surface area contributed by atoms with Crippen molar-refractivity contribution in [1.29, 1.82) is 0 Å². The summed E-state index contributed by atoms with van der Waals surface area (Å²) in [6, 6.07) is 20.1. The van der Waals surface area contributed by atoms with Crippen LogP contribution in [0.4, 0.5) is 0 Å². The van der Waals surface area contributed by atoms with Crippen LogP contribution in [0.15, 0.2) is 65.7 Å². The van der Waals surface area contributed by atoms with Gasteiger partial charge in [0, 0.05) is 19.6 Å². The molecule has 2 aromatic rings. The minimum Gasteiger partial charge on any atom is -0.376 e. The largest absolute Gasteiger partial charge is 0.376 e. The van der Waals surface area contributed by atoms with Crippen molar-refractivity contribution in [2.75, 3.05) is 26.4 Å². The Morgan fingerprint density at radius 2 is 1.61 bits per heavy atom. The maximum Gasteiger partial charge on any atom is 0.234 e. The zero-order valence-corrected chi connectivity index (χ0v) is 23.7. The summed E-state index contributed by atoms with van der Waals surface area (Å²) in [5.74, 6) is 0.672. The van der Waals surface area contributed by atoms with Crippen molar-refractivity contribution in [3.8, 4) is 0 Å². The summed E-state index contributed by atoms with van der Waals surface area (Å²) in [5, 5.41) is 10.1. The first-order valence-electron chi connectivity index (χ1n) is 14.5. The van der Waals surface area contributed by atoms with Crippen molar-refractivity contribution >= 4 is 11.9 Å². The lowest BCUT2D eigenvalue weighted by Crippen LogP contribution is -2.42. The Labute approximate surface area is 229 Å². The van der Waals surface area contributed by atoms with E-state index >= 15 is 0 Å². The second-order valence-electron chi connectivity index (χ2n) is 11.1. The number of likely N-dealkylation sites (tertiary alicyclic amines) is 1. The van der Waals surface area contributed by atoms with Crippen LogP contribution in [-0.2, 0) is 4.79 Å². The molecule has 38 heavy (non-hydrogen) atoms. The molecule has 0 radical (unpaired) electrons. The highest BCUT2D eigenvalue weighted by Gasteiger charge is 2.33. The Kier molecular flexibility index (Phi) is 11.7. The van der Waals surface area contributed by atoms with Crippen LogP contribution in [0.2, 0.25) is 0 Å². The van der Waals surface area contributed by atoms with Crippen molar-refractivity contribution in [1.82, 2.24) is 9.80 Å². The molecule has 2 aromatic carbocycles. The Morgan fingerprint density at radius 1 is 1.05 bits per heavy atom. The van der Waals surface area contributed by atoms with Crippen LogP contribution in [0.25, 0.3) is 0 Å². The maximum absolute atomic E-state index is 13.8. The molecule has 3 rings (SSSR count). The van der Waals surface area contributed by atoms with Crippen LogP contribution in [-0.4, -0.2) is 58.7 Å². The number of carbonyl (C=O) groups is 1. The van der Waals surface area contributed by atoms with Crippen molar-refractivity contribution < 1.29 is 9.90 Å². The summed E-state index contributed by atoms with van der Waals surface area (Å²) in [4.78, 5) is 22.5. The highest BCUT2D eigenvalue weighted by atomic mass is 16.3. The number of rotatable bonds is 14. The van der Waals surface area contributed by atoms with Gasteiger partial charge in [-0.1, -0.05) is 100 Å². The fourth-order valence-corrected chi connectivity index (χ4v) is 5.52. The summed E-state index contributed by atoms with van der Waals surface area (Å²) in [7, 11) is 0. The molecule has 6 nitrogen and oxygen atoms in total. The monoisotopic (exact) mass is 520 g/mol. The lowest BCUT2D eigenvalue weighted by molar-refractivity contribution is -0.131. The average molecular weight is 521 g/mol. The van der Waals surface area contributed by atoms with E-state index in [4.69, 9.17) is 10.7 Å². The molecular weight excluding hydrogens is 472 g/mol. The van der Waals surface area contributed by atoms with Crippen LogP contribution in [0.5, 0.6) is 0 Å². The molecule has 1 saturated heterocycles. The topological polar surface area (TPSA) is 82.2 Å². The van der Waals surface area contributed by atoms with Gasteiger partial charge in [0.2, 0.25) is 5.91 Å². The second-order valence-corrected chi connectivity index (χ2v) is 11.1.